The van der Waals surface area contributed by atoms with Crippen LogP contribution in [0.3, 0.4) is 0 Å². The lowest BCUT2D eigenvalue weighted by Gasteiger charge is -2.35. The monoisotopic (exact) mass is 366 g/mol. The van der Waals surface area contributed by atoms with Gasteiger partial charge in [0.25, 0.3) is 0 Å². The number of hydrogen-bond donors (Lipinski definition) is 0. The van der Waals surface area contributed by atoms with Crippen LogP contribution >= 0.6 is 0 Å². The Morgan fingerprint density at radius 2 is 1.81 bits per heavy atom. The molecule has 5 nitrogen and oxygen atoms in total. The van der Waals surface area contributed by atoms with Gasteiger partial charge in [-0.15, -0.1) is 0 Å². The molecule has 0 atom stereocenters. The summed E-state index contributed by atoms with van der Waals surface area (Å²) in [7, 11) is 1.47. The molecule has 0 radical (unpaired) electrons. The summed E-state index contributed by atoms with van der Waals surface area (Å²) in [4.78, 5) is 13.4. The molecule has 1 saturated heterocycles. The van der Waals surface area contributed by atoms with Crippen molar-refractivity contribution in [3.05, 3.63) is 60.2 Å². The van der Waals surface area contributed by atoms with E-state index >= 15 is 0 Å². The topological polar surface area (TPSA) is 41.5 Å². The Labute approximate surface area is 158 Å². The molecular weight excluding hydrogens is 343 g/mol. The second-order valence-electron chi connectivity index (χ2n) is 6.77. The molecule has 0 amide bonds. The predicted molar refractivity (Wildman–Crippen MR) is 105 cm³/mol. The number of anilines is 1. The quantitative estimate of drug-likeness (QED) is 0.694. The summed E-state index contributed by atoms with van der Waals surface area (Å²) in [6.07, 6.45) is 2.57. The Morgan fingerprint density at radius 3 is 2.56 bits per heavy atom. The van der Waals surface area contributed by atoms with Crippen molar-refractivity contribution in [1.82, 2.24) is 14.9 Å². The van der Waals surface area contributed by atoms with Crippen LogP contribution in [0, 0.1) is 5.82 Å². The number of piperazine rings is 1. The maximum atomic E-state index is 14.0. The van der Waals surface area contributed by atoms with Crippen LogP contribution in [-0.2, 0) is 6.42 Å². The van der Waals surface area contributed by atoms with Crippen molar-refractivity contribution >= 4 is 16.7 Å². The zero-order valence-corrected chi connectivity index (χ0v) is 15.4. The second-order valence-corrected chi connectivity index (χ2v) is 6.77. The molecule has 1 aliphatic heterocycles. The molecule has 1 aromatic heterocycles. The highest BCUT2D eigenvalue weighted by atomic mass is 19.1. The van der Waals surface area contributed by atoms with Crippen LogP contribution in [0.1, 0.15) is 5.56 Å². The van der Waals surface area contributed by atoms with Crippen LogP contribution in [0.4, 0.5) is 10.2 Å². The first kappa shape index (κ1) is 17.7. The fourth-order valence-corrected chi connectivity index (χ4v) is 3.57. The molecule has 2 heterocycles. The number of nitrogens with zero attached hydrogens (tertiary/aromatic N) is 4. The Kier molecular flexibility index (Phi) is 5.16. The van der Waals surface area contributed by atoms with Gasteiger partial charge < -0.3 is 9.64 Å². The smallest absolute Gasteiger partial charge is 0.167 e. The molecule has 1 aliphatic rings. The minimum atomic E-state index is -0.402. The summed E-state index contributed by atoms with van der Waals surface area (Å²) in [5, 5.41) is 0.827. The number of ether oxygens (including phenoxy) is 1. The van der Waals surface area contributed by atoms with Gasteiger partial charge in [-0.3, -0.25) is 4.90 Å². The van der Waals surface area contributed by atoms with Crippen molar-refractivity contribution in [1.29, 1.82) is 0 Å². The lowest BCUT2D eigenvalue weighted by molar-refractivity contribution is 0.260. The van der Waals surface area contributed by atoms with Gasteiger partial charge in [-0.1, -0.05) is 30.3 Å². The van der Waals surface area contributed by atoms with E-state index in [9.17, 15) is 4.39 Å². The lowest BCUT2D eigenvalue weighted by atomic mass is 10.1. The minimum Gasteiger partial charge on any atom is -0.494 e. The van der Waals surface area contributed by atoms with E-state index in [0.717, 1.165) is 50.3 Å². The highest BCUT2D eigenvalue weighted by molar-refractivity contribution is 5.90. The van der Waals surface area contributed by atoms with Crippen molar-refractivity contribution in [3.63, 3.8) is 0 Å². The van der Waals surface area contributed by atoms with E-state index in [4.69, 9.17) is 4.74 Å². The molecule has 1 fully saturated rings. The molecule has 2 aromatic carbocycles. The fourth-order valence-electron chi connectivity index (χ4n) is 3.57. The van der Waals surface area contributed by atoms with Crippen molar-refractivity contribution in [2.45, 2.75) is 6.42 Å². The third-order valence-electron chi connectivity index (χ3n) is 5.12. The summed E-state index contributed by atoms with van der Waals surface area (Å²) in [5.41, 5.74) is 1.97. The Hall–Kier alpha value is -2.73. The van der Waals surface area contributed by atoms with Gasteiger partial charge >= 0.3 is 0 Å². The van der Waals surface area contributed by atoms with Crippen molar-refractivity contribution in [2.24, 2.45) is 0 Å². The van der Waals surface area contributed by atoms with Crippen molar-refractivity contribution in [3.8, 4) is 5.75 Å². The van der Waals surface area contributed by atoms with Crippen LogP contribution in [0.5, 0.6) is 5.75 Å². The highest BCUT2D eigenvalue weighted by Crippen LogP contribution is 2.29. The van der Waals surface area contributed by atoms with Gasteiger partial charge in [0, 0.05) is 44.2 Å². The fraction of sp³-hybridized carbons (Fsp3) is 0.333. The maximum absolute atomic E-state index is 14.0. The first-order chi connectivity index (χ1) is 13.2. The zero-order valence-electron chi connectivity index (χ0n) is 15.4. The largest absolute Gasteiger partial charge is 0.494 e. The van der Waals surface area contributed by atoms with Crippen LogP contribution in [0.15, 0.2) is 48.8 Å². The average molecular weight is 366 g/mol. The summed E-state index contributed by atoms with van der Waals surface area (Å²) < 4.78 is 19.1. The number of benzene rings is 2. The standard InChI is InChI=1S/C21H23FN4O/c1-27-20-13-17-19(14-18(20)22)23-15-24-21(17)26-11-9-25(10-12-26)8-7-16-5-3-2-4-6-16/h2-6,13-15H,7-12H2,1H3. The van der Waals surface area contributed by atoms with E-state index in [1.54, 1.807) is 6.07 Å². The molecule has 0 unspecified atom stereocenters. The molecule has 0 N–H and O–H groups in total. The number of fused-ring (bicyclic) bond motifs is 1. The maximum Gasteiger partial charge on any atom is 0.167 e. The van der Waals surface area contributed by atoms with Gasteiger partial charge in [0.1, 0.15) is 12.1 Å². The summed E-state index contributed by atoms with van der Waals surface area (Å²) in [6.45, 7) is 4.80. The van der Waals surface area contributed by atoms with Gasteiger partial charge in [-0.05, 0) is 18.1 Å². The normalized spacial score (nSPS) is 15.3. The molecule has 0 spiro atoms. The second kappa shape index (κ2) is 7.88. The summed E-state index contributed by atoms with van der Waals surface area (Å²) in [5.74, 6) is 0.668. The van der Waals surface area contributed by atoms with E-state index in [1.165, 1.54) is 25.1 Å². The third-order valence-corrected chi connectivity index (χ3v) is 5.12. The van der Waals surface area contributed by atoms with Crippen LogP contribution in [0.25, 0.3) is 10.9 Å². The minimum absolute atomic E-state index is 0.222. The van der Waals surface area contributed by atoms with Crippen molar-refractivity contribution in [2.75, 3.05) is 44.7 Å². The Bertz CT molecular complexity index is 911. The van der Waals surface area contributed by atoms with E-state index < -0.39 is 5.82 Å². The van der Waals surface area contributed by atoms with Gasteiger partial charge in [0.15, 0.2) is 11.6 Å². The van der Waals surface area contributed by atoms with E-state index in [0.29, 0.717) is 5.52 Å². The predicted octanol–water partition coefficient (Wildman–Crippen LogP) is 3.14. The number of rotatable bonds is 5. The van der Waals surface area contributed by atoms with Crippen LogP contribution in [0.2, 0.25) is 0 Å². The van der Waals surface area contributed by atoms with E-state index in [1.807, 2.05) is 0 Å². The molecule has 0 bridgehead atoms. The number of hydrogen-bond acceptors (Lipinski definition) is 5. The summed E-state index contributed by atoms with van der Waals surface area (Å²) >= 11 is 0. The molecule has 0 saturated carbocycles. The number of halogens is 1. The molecule has 27 heavy (non-hydrogen) atoms. The van der Waals surface area contributed by atoms with Gasteiger partial charge in [0.2, 0.25) is 0 Å². The Morgan fingerprint density at radius 1 is 1.04 bits per heavy atom. The molecular formula is C21H23FN4O. The first-order valence-corrected chi connectivity index (χ1v) is 9.24. The molecule has 140 valence electrons. The summed E-state index contributed by atoms with van der Waals surface area (Å²) in [6, 6.07) is 13.7. The van der Waals surface area contributed by atoms with Gasteiger partial charge in [-0.25, -0.2) is 14.4 Å². The molecule has 4 rings (SSSR count). The van der Waals surface area contributed by atoms with Crippen LogP contribution in [-0.4, -0.2) is 54.7 Å². The number of methoxy groups -OCH3 is 1. The average Bonchev–Trinajstić information content (AvgIpc) is 2.72. The molecule has 6 heteroatoms. The van der Waals surface area contributed by atoms with Gasteiger partial charge in [-0.2, -0.15) is 0 Å². The molecule has 3 aromatic rings. The first-order valence-electron chi connectivity index (χ1n) is 9.24. The molecule has 0 aliphatic carbocycles. The SMILES string of the molecule is COc1cc2c(N3CCN(CCc4ccccc4)CC3)ncnc2cc1F. The highest BCUT2D eigenvalue weighted by Gasteiger charge is 2.20. The van der Waals surface area contributed by atoms with Gasteiger partial charge in [0.05, 0.1) is 12.6 Å². The number of aromatic nitrogens is 2. The van der Waals surface area contributed by atoms with E-state index in [2.05, 4.69) is 50.1 Å². The van der Waals surface area contributed by atoms with Crippen LogP contribution < -0.4 is 9.64 Å². The van der Waals surface area contributed by atoms with E-state index in [-0.39, 0.29) is 5.75 Å². The third kappa shape index (κ3) is 3.85. The lowest BCUT2D eigenvalue weighted by Crippen LogP contribution is -2.47. The zero-order chi connectivity index (χ0) is 18.6. The van der Waals surface area contributed by atoms with Crippen molar-refractivity contribution < 1.29 is 9.13 Å². The Balaban J connectivity index is 1.45.